The zero-order valence-corrected chi connectivity index (χ0v) is 17.2. The van der Waals surface area contributed by atoms with Crippen LogP contribution >= 0.6 is 0 Å². The standard InChI is InChI=1S/C26H25NO3/c1-18-10-9-15-21-17-27(23(16-22(18)21)26(29)30-2)25(28)24(19-11-5-3-6-12-19)20-13-7-4-8-14-20/h3-15,23-24H,16-17H2,1-2H3. The lowest BCUT2D eigenvalue weighted by molar-refractivity contribution is -0.154. The van der Waals surface area contributed by atoms with Crippen LogP contribution in [-0.4, -0.2) is 29.9 Å². The third-order valence-corrected chi connectivity index (χ3v) is 5.89. The van der Waals surface area contributed by atoms with Crippen molar-refractivity contribution in [2.24, 2.45) is 0 Å². The SMILES string of the molecule is COC(=O)C1Cc2c(C)cccc2CN1C(=O)C(c1ccccc1)c1ccccc1. The van der Waals surface area contributed by atoms with Gasteiger partial charge in [-0.2, -0.15) is 0 Å². The monoisotopic (exact) mass is 399 g/mol. The maximum Gasteiger partial charge on any atom is 0.328 e. The summed E-state index contributed by atoms with van der Waals surface area (Å²) in [6.07, 6.45) is 0.469. The minimum absolute atomic E-state index is 0.0880. The topological polar surface area (TPSA) is 46.6 Å². The second-order valence-electron chi connectivity index (χ2n) is 7.68. The van der Waals surface area contributed by atoms with Crippen molar-refractivity contribution in [3.8, 4) is 0 Å². The molecule has 0 radical (unpaired) electrons. The van der Waals surface area contributed by atoms with E-state index in [1.165, 1.54) is 7.11 Å². The number of rotatable bonds is 4. The molecule has 3 aromatic carbocycles. The van der Waals surface area contributed by atoms with Gasteiger partial charge in [-0.1, -0.05) is 78.9 Å². The van der Waals surface area contributed by atoms with Gasteiger partial charge in [0.25, 0.3) is 0 Å². The number of amides is 1. The molecule has 0 spiro atoms. The van der Waals surface area contributed by atoms with E-state index in [1.807, 2.05) is 85.8 Å². The molecule has 0 aliphatic carbocycles. The molecule has 1 aliphatic rings. The molecule has 0 bridgehead atoms. The number of benzene rings is 3. The van der Waals surface area contributed by atoms with Gasteiger partial charge in [-0.25, -0.2) is 4.79 Å². The van der Waals surface area contributed by atoms with Crippen LogP contribution in [-0.2, 0) is 27.3 Å². The van der Waals surface area contributed by atoms with Crippen LogP contribution in [0.1, 0.15) is 33.7 Å². The first-order chi connectivity index (χ1) is 14.6. The van der Waals surface area contributed by atoms with Crippen molar-refractivity contribution < 1.29 is 14.3 Å². The third kappa shape index (κ3) is 3.73. The van der Waals surface area contributed by atoms with Gasteiger partial charge in [0.1, 0.15) is 6.04 Å². The van der Waals surface area contributed by atoms with E-state index in [2.05, 4.69) is 0 Å². The highest BCUT2D eigenvalue weighted by molar-refractivity contribution is 5.91. The molecule has 30 heavy (non-hydrogen) atoms. The van der Waals surface area contributed by atoms with Crippen molar-refractivity contribution in [2.75, 3.05) is 7.11 Å². The molecule has 152 valence electrons. The van der Waals surface area contributed by atoms with E-state index in [0.29, 0.717) is 13.0 Å². The molecule has 4 heteroatoms. The second-order valence-corrected chi connectivity index (χ2v) is 7.68. The Morgan fingerprint density at radius 1 is 0.900 bits per heavy atom. The summed E-state index contributed by atoms with van der Waals surface area (Å²) in [5, 5.41) is 0. The van der Waals surface area contributed by atoms with E-state index in [9.17, 15) is 9.59 Å². The van der Waals surface area contributed by atoms with E-state index in [-0.39, 0.29) is 11.9 Å². The molecule has 3 aromatic rings. The predicted octanol–water partition coefficient (Wildman–Crippen LogP) is 4.25. The molecule has 0 aromatic heterocycles. The summed E-state index contributed by atoms with van der Waals surface area (Å²) >= 11 is 0. The molecular weight excluding hydrogens is 374 g/mol. The van der Waals surface area contributed by atoms with Gasteiger partial charge >= 0.3 is 5.97 Å². The number of nitrogens with zero attached hydrogens (tertiary/aromatic N) is 1. The summed E-state index contributed by atoms with van der Waals surface area (Å²) in [6.45, 7) is 2.44. The van der Waals surface area contributed by atoms with Gasteiger partial charge < -0.3 is 9.64 Å². The van der Waals surface area contributed by atoms with Crippen molar-refractivity contribution in [2.45, 2.75) is 31.8 Å². The Balaban J connectivity index is 1.78. The van der Waals surface area contributed by atoms with Crippen LogP contribution in [0.15, 0.2) is 78.9 Å². The highest BCUT2D eigenvalue weighted by Gasteiger charge is 2.39. The van der Waals surface area contributed by atoms with Crippen molar-refractivity contribution in [1.29, 1.82) is 0 Å². The number of aryl methyl sites for hydroxylation is 1. The highest BCUT2D eigenvalue weighted by atomic mass is 16.5. The number of hydrogen-bond acceptors (Lipinski definition) is 3. The molecule has 0 saturated carbocycles. The summed E-state index contributed by atoms with van der Waals surface area (Å²) in [5.41, 5.74) is 5.17. The number of methoxy groups -OCH3 is 1. The molecule has 1 amide bonds. The van der Waals surface area contributed by atoms with Crippen molar-refractivity contribution in [1.82, 2.24) is 4.90 Å². The van der Waals surface area contributed by atoms with Gasteiger partial charge in [0.05, 0.1) is 13.0 Å². The molecule has 4 nitrogen and oxygen atoms in total. The van der Waals surface area contributed by atoms with E-state index >= 15 is 0 Å². The first-order valence-corrected chi connectivity index (χ1v) is 10.2. The van der Waals surface area contributed by atoms with Crippen LogP contribution in [0, 0.1) is 6.92 Å². The average Bonchev–Trinajstić information content (AvgIpc) is 2.79. The summed E-state index contributed by atoms with van der Waals surface area (Å²) in [5.74, 6) is -0.946. The summed E-state index contributed by atoms with van der Waals surface area (Å²) in [7, 11) is 1.38. The molecular formula is C26H25NO3. The first kappa shape index (κ1) is 19.9. The number of esters is 1. The Hall–Kier alpha value is -3.40. The Labute approximate surface area is 177 Å². The van der Waals surface area contributed by atoms with Crippen LogP contribution < -0.4 is 0 Å². The van der Waals surface area contributed by atoms with Crippen molar-refractivity contribution in [3.05, 3.63) is 107 Å². The van der Waals surface area contributed by atoms with Gasteiger partial charge in [0.15, 0.2) is 0 Å². The normalized spacial score (nSPS) is 15.6. The Kier molecular flexibility index (Phi) is 5.66. The lowest BCUT2D eigenvalue weighted by Gasteiger charge is -2.38. The van der Waals surface area contributed by atoms with Crippen molar-refractivity contribution >= 4 is 11.9 Å². The van der Waals surface area contributed by atoms with Gasteiger partial charge in [-0.05, 0) is 34.7 Å². The number of carbonyl (C=O) groups is 2. The summed E-state index contributed by atoms with van der Waals surface area (Å²) in [6, 6.07) is 24.9. The quantitative estimate of drug-likeness (QED) is 0.616. The van der Waals surface area contributed by atoms with E-state index < -0.39 is 12.0 Å². The Morgan fingerprint density at radius 2 is 1.50 bits per heavy atom. The largest absolute Gasteiger partial charge is 0.467 e. The molecule has 0 N–H and O–H groups in total. The van der Waals surface area contributed by atoms with Crippen molar-refractivity contribution in [3.63, 3.8) is 0 Å². The van der Waals surface area contributed by atoms with Gasteiger partial charge in [-0.3, -0.25) is 4.79 Å². The molecule has 0 saturated heterocycles. The average molecular weight is 399 g/mol. The predicted molar refractivity (Wildman–Crippen MR) is 116 cm³/mol. The van der Waals surface area contributed by atoms with Crippen LogP contribution in [0.2, 0.25) is 0 Å². The minimum Gasteiger partial charge on any atom is -0.467 e. The lowest BCUT2D eigenvalue weighted by Crippen LogP contribution is -2.51. The van der Waals surface area contributed by atoms with E-state index in [0.717, 1.165) is 27.8 Å². The molecule has 1 heterocycles. The van der Waals surface area contributed by atoms with Gasteiger partial charge in [-0.15, -0.1) is 0 Å². The number of ether oxygens (including phenoxy) is 1. The molecule has 1 unspecified atom stereocenters. The maximum absolute atomic E-state index is 13.9. The van der Waals surface area contributed by atoms with E-state index in [1.54, 1.807) is 4.90 Å². The fourth-order valence-electron chi connectivity index (χ4n) is 4.31. The molecule has 0 fully saturated rings. The second kappa shape index (κ2) is 8.54. The maximum atomic E-state index is 13.9. The minimum atomic E-state index is -0.633. The van der Waals surface area contributed by atoms with Crippen LogP contribution in [0.4, 0.5) is 0 Å². The fourth-order valence-corrected chi connectivity index (χ4v) is 4.31. The van der Waals surface area contributed by atoms with Gasteiger partial charge in [0, 0.05) is 13.0 Å². The van der Waals surface area contributed by atoms with Crippen LogP contribution in [0.25, 0.3) is 0 Å². The van der Waals surface area contributed by atoms with Gasteiger partial charge in [0.2, 0.25) is 5.91 Å². The first-order valence-electron chi connectivity index (χ1n) is 10.2. The molecule has 4 rings (SSSR count). The number of carbonyl (C=O) groups excluding carboxylic acids is 2. The third-order valence-electron chi connectivity index (χ3n) is 5.89. The molecule has 1 atom stereocenters. The summed E-state index contributed by atoms with van der Waals surface area (Å²) < 4.78 is 5.08. The fraction of sp³-hybridized carbons (Fsp3) is 0.231. The number of fused-ring (bicyclic) bond motifs is 1. The summed E-state index contributed by atoms with van der Waals surface area (Å²) in [4.78, 5) is 28.3. The van der Waals surface area contributed by atoms with Crippen LogP contribution in [0.3, 0.4) is 0 Å². The highest BCUT2D eigenvalue weighted by Crippen LogP contribution is 2.33. The Morgan fingerprint density at radius 3 is 2.07 bits per heavy atom. The Bertz CT molecular complexity index is 1010. The van der Waals surface area contributed by atoms with Crippen LogP contribution in [0.5, 0.6) is 0 Å². The zero-order chi connectivity index (χ0) is 21.1. The zero-order valence-electron chi connectivity index (χ0n) is 17.2. The lowest BCUT2D eigenvalue weighted by atomic mass is 9.86. The van der Waals surface area contributed by atoms with E-state index in [4.69, 9.17) is 4.74 Å². The smallest absolute Gasteiger partial charge is 0.328 e. The number of hydrogen-bond donors (Lipinski definition) is 0. The molecule has 1 aliphatic heterocycles.